The summed E-state index contributed by atoms with van der Waals surface area (Å²) >= 11 is 0. The van der Waals surface area contributed by atoms with Gasteiger partial charge in [-0.3, -0.25) is 0 Å². The van der Waals surface area contributed by atoms with E-state index in [-0.39, 0.29) is 0 Å². The highest BCUT2D eigenvalue weighted by Crippen LogP contribution is 2.52. The van der Waals surface area contributed by atoms with E-state index in [0.29, 0.717) is 5.89 Å². The van der Waals surface area contributed by atoms with Crippen LogP contribution in [0.2, 0.25) is 0 Å². The molecule has 4 nitrogen and oxygen atoms in total. The molecule has 0 saturated heterocycles. The van der Waals surface area contributed by atoms with Crippen LogP contribution in [0, 0.1) is 0 Å². The highest BCUT2D eigenvalue weighted by Gasteiger charge is 2.30. The minimum absolute atomic E-state index is 0.643. The molecule has 0 spiro atoms. The molecular weight excluding hydrogens is 625 g/mol. The van der Waals surface area contributed by atoms with E-state index in [4.69, 9.17) is 13.8 Å². The molecule has 0 bridgehead atoms. The Morgan fingerprint density at radius 3 is 2.02 bits per heavy atom. The Hall–Kier alpha value is -6.91. The van der Waals surface area contributed by atoms with Gasteiger partial charge < -0.3 is 13.7 Å². The van der Waals surface area contributed by atoms with Gasteiger partial charge in [0.2, 0.25) is 5.89 Å². The van der Waals surface area contributed by atoms with Gasteiger partial charge in [-0.2, -0.15) is 0 Å². The quantitative estimate of drug-likeness (QED) is 0.186. The van der Waals surface area contributed by atoms with Crippen LogP contribution in [0.15, 0.2) is 179 Å². The molecule has 2 aromatic heterocycles. The van der Waals surface area contributed by atoms with Gasteiger partial charge in [0.25, 0.3) is 0 Å². The van der Waals surface area contributed by atoms with Crippen molar-refractivity contribution >= 4 is 60.5 Å². The topological polar surface area (TPSA) is 42.4 Å². The SMILES string of the molecule is c1ccc(-c2ccc(N(c3ccc4oc5ccccc5c4c3)c3ccc4c5c(cccc35)-c3nc(-c5cccc6ccccc56)oc3-4)cc2)cc1. The summed E-state index contributed by atoms with van der Waals surface area (Å²) in [5, 5.41) is 6.77. The maximum Gasteiger partial charge on any atom is 0.227 e. The lowest BCUT2D eigenvalue weighted by Gasteiger charge is -2.27. The number of fused-ring (bicyclic) bond motifs is 7. The Bertz CT molecular complexity index is 2940. The lowest BCUT2D eigenvalue weighted by molar-refractivity contribution is 0.591. The molecule has 0 aliphatic heterocycles. The van der Waals surface area contributed by atoms with Crippen LogP contribution in [0.4, 0.5) is 17.1 Å². The van der Waals surface area contributed by atoms with Crippen molar-refractivity contribution in [1.29, 1.82) is 0 Å². The fourth-order valence-corrected chi connectivity index (χ4v) is 7.90. The van der Waals surface area contributed by atoms with Crippen molar-refractivity contribution < 1.29 is 8.83 Å². The molecule has 1 aliphatic carbocycles. The standard InChI is InChI=1S/C47H28N2O2/c1-2-10-29(11-3-1)30-20-22-32(23-21-30)49(33-24-27-43-40(28-33)35-15-6-7-19-42(35)50-43)41-26-25-39-44-37(41)17-9-18-38(44)45-46(39)51-47(48-45)36-16-8-13-31-12-4-5-14-34(31)36/h1-28H. The number of furan rings is 1. The fraction of sp³-hybridized carbons (Fsp3) is 0. The smallest absolute Gasteiger partial charge is 0.227 e. The molecular formula is C47H28N2O2. The zero-order valence-electron chi connectivity index (χ0n) is 27.4. The first-order valence-corrected chi connectivity index (χ1v) is 17.2. The first-order chi connectivity index (χ1) is 25.3. The Morgan fingerprint density at radius 1 is 0.431 bits per heavy atom. The Morgan fingerprint density at radius 2 is 1.12 bits per heavy atom. The second-order valence-electron chi connectivity index (χ2n) is 13.1. The van der Waals surface area contributed by atoms with Gasteiger partial charge in [-0.05, 0) is 76.5 Å². The van der Waals surface area contributed by atoms with Gasteiger partial charge in [0.05, 0.1) is 5.69 Å². The molecule has 0 N–H and O–H groups in total. The molecule has 11 rings (SSSR count). The molecule has 0 amide bonds. The first-order valence-electron chi connectivity index (χ1n) is 17.2. The Kier molecular flexibility index (Phi) is 5.92. The number of hydrogen-bond donors (Lipinski definition) is 0. The zero-order chi connectivity index (χ0) is 33.5. The van der Waals surface area contributed by atoms with Crippen molar-refractivity contribution in [3.8, 4) is 45.2 Å². The summed E-state index contributed by atoms with van der Waals surface area (Å²) in [4.78, 5) is 7.50. The van der Waals surface area contributed by atoms with Crippen LogP contribution >= 0.6 is 0 Å². The van der Waals surface area contributed by atoms with Crippen molar-refractivity contribution in [2.24, 2.45) is 0 Å². The highest BCUT2D eigenvalue weighted by molar-refractivity contribution is 6.18. The van der Waals surface area contributed by atoms with Crippen LogP contribution < -0.4 is 4.90 Å². The molecule has 0 fully saturated rings. The predicted octanol–water partition coefficient (Wildman–Crippen LogP) is 13.3. The maximum absolute atomic E-state index is 6.66. The third-order valence-electron chi connectivity index (χ3n) is 10.3. The molecule has 0 unspecified atom stereocenters. The number of aromatic nitrogens is 1. The van der Waals surface area contributed by atoms with E-state index in [0.717, 1.165) is 83.3 Å². The third kappa shape index (κ3) is 4.23. The first kappa shape index (κ1) is 28.0. The summed E-state index contributed by atoms with van der Waals surface area (Å²) in [5.41, 5.74) is 11.4. The number of para-hydroxylation sites is 1. The summed E-state index contributed by atoms with van der Waals surface area (Å²) in [6, 6.07) is 59.7. The number of oxazole rings is 1. The lowest BCUT2D eigenvalue weighted by Crippen LogP contribution is -2.10. The van der Waals surface area contributed by atoms with Gasteiger partial charge in [-0.25, -0.2) is 4.98 Å². The summed E-state index contributed by atoms with van der Waals surface area (Å²) in [7, 11) is 0. The van der Waals surface area contributed by atoms with Crippen LogP contribution in [0.25, 0.3) is 88.6 Å². The molecule has 0 saturated carbocycles. The number of rotatable bonds is 5. The van der Waals surface area contributed by atoms with E-state index in [1.54, 1.807) is 0 Å². The largest absolute Gasteiger partial charge is 0.456 e. The molecule has 0 radical (unpaired) electrons. The summed E-state index contributed by atoms with van der Waals surface area (Å²) in [6.07, 6.45) is 0. The minimum atomic E-state index is 0.643. The number of hydrogen-bond acceptors (Lipinski definition) is 4. The van der Waals surface area contributed by atoms with Crippen LogP contribution in [-0.2, 0) is 0 Å². The fourth-order valence-electron chi connectivity index (χ4n) is 7.90. The average molecular weight is 653 g/mol. The van der Waals surface area contributed by atoms with E-state index in [1.165, 1.54) is 16.5 Å². The highest BCUT2D eigenvalue weighted by atomic mass is 16.4. The maximum atomic E-state index is 6.66. The van der Waals surface area contributed by atoms with Crippen molar-refractivity contribution in [1.82, 2.24) is 4.98 Å². The summed E-state index contributed by atoms with van der Waals surface area (Å²) in [5.74, 6) is 1.46. The van der Waals surface area contributed by atoms with E-state index >= 15 is 0 Å². The monoisotopic (exact) mass is 652 g/mol. The molecule has 8 aromatic carbocycles. The van der Waals surface area contributed by atoms with Crippen molar-refractivity contribution in [3.05, 3.63) is 170 Å². The number of anilines is 3. The lowest BCUT2D eigenvalue weighted by atomic mass is 10.00. The van der Waals surface area contributed by atoms with Crippen molar-refractivity contribution in [2.45, 2.75) is 0 Å². The number of benzene rings is 8. The Labute approximate surface area is 293 Å². The second kappa shape index (κ2) is 10.8. The summed E-state index contributed by atoms with van der Waals surface area (Å²) < 4.78 is 12.9. The average Bonchev–Trinajstić information content (AvgIpc) is 3.88. The van der Waals surface area contributed by atoms with Crippen molar-refractivity contribution in [3.63, 3.8) is 0 Å². The van der Waals surface area contributed by atoms with E-state index in [2.05, 4.69) is 163 Å². The van der Waals surface area contributed by atoms with Crippen LogP contribution in [0.3, 0.4) is 0 Å². The third-order valence-corrected chi connectivity index (χ3v) is 10.3. The van der Waals surface area contributed by atoms with Gasteiger partial charge in [0.1, 0.15) is 16.9 Å². The molecule has 4 heteroatoms. The predicted molar refractivity (Wildman–Crippen MR) is 209 cm³/mol. The molecule has 1 aliphatic rings. The molecule has 51 heavy (non-hydrogen) atoms. The van der Waals surface area contributed by atoms with E-state index in [9.17, 15) is 0 Å². The normalized spacial score (nSPS) is 11.9. The van der Waals surface area contributed by atoms with Crippen molar-refractivity contribution in [2.75, 3.05) is 4.90 Å². The summed E-state index contributed by atoms with van der Waals surface area (Å²) in [6.45, 7) is 0. The molecule has 10 aromatic rings. The number of nitrogens with zero attached hydrogens (tertiary/aromatic N) is 2. The van der Waals surface area contributed by atoms with E-state index in [1.807, 2.05) is 12.1 Å². The van der Waals surface area contributed by atoms with Crippen LogP contribution in [-0.4, -0.2) is 4.98 Å². The van der Waals surface area contributed by atoms with Gasteiger partial charge in [-0.15, -0.1) is 0 Å². The van der Waals surface area contributed by atoms with Gasteiger partial charge >= 0.3 is 0 Å². The zero-order valence-corrected chi connectivity index (χ0v) is 27.4. The van der Waals surface area contributed by atoms with Gasteiger partial charge in [-0.1, -0.05) is 115 Å². The van der Waals surface area contributed by atoms with E-state index < -0.39 is 0 Å². The van der Waals surface area contributed by atoms with Crippen LogP contribution in [0.5, 0.6) is 0 Å². The molecule has 2 heterocycles. The molecule has 0 atom stereocenters. The Balaban J connectivity index is 1.09. The minimum Gasteiger partial charge on any atom is -0.456 e. The van der Waals surface area contributed by atoms with Gasteiger partial charge in [0.15, 0.2) is 5.76 Å². The molecule has 238 valence electrons. The van der Waals surface area contributed by atoms with Gasteiger partial charge in [0, 0.05) is 49.6 Å². The van der Waals surface area contributed by atoms with Crippen LogP contribution in [0.1, 0.15) is 0 Å². The second-order valence-corrected chi connectivity index (χ2v) is 13.1.